The quantitative estimate of drug-likeness (QED) is 0.103. The minimum Gasteiger partial charge on any atom is -0.505 e. The second-order valence-corrected chi connectivity index (χ2v) is 10.6. The number of azo groups is 1. The van der Waals surface area contributed by atoms with E-state index in [1.165, 1.54) is 26.4 Å². The van der Waals surface area contributed by atoms with Gasteiger partial charge in [0.1, 0.15) is 22.0 Å². The lowest BCUT2D eigenvalue weighted by atomic mass is 9.85. The molecule has 208 valence electrons. The highest BCUT2D eigenvalue weighted by atomic mass is 32.2. The number of hydrogen-bond donors (Lipinski definition) is 3. The van der Waals surface area contributed by atoms with E-state index in [9.17, 15) is 23.2 Å². The monoisotopic (exact) mass is 570 g/mol. The molecule has 41 heavy (non-hydrogen) atoms. The predicted octanol–water partition coefficient (Wildman–Crippen LogP) is 7.11. The Labute approximate surface area is 236 Å². The molecule has 0 aliphatic rings. The predicted molar refractivity (Wildman–Crippen MR) is 155 cm³/mol. The van der Waals surface area contributed by atoms with E-state index in [2.05, 4.69) is 10.2 Å². The summed E-state index contributed by atoms with van der Waals surface area (Å²) in [6.07, 6.45) is 0. The highest BCUT2D eigenvalue weighted by Gasteiger charge is 2.21. The molecule has 0 saturated heterocycles. The van der Waals surface area contributed by atoms with Crippen LogP contribution in [0.1, 0.15) is 22.6 Å². The molecular formula is C31H26N2O7S. The molecule has 5 aromatic carbocycles. The molecule has 0 aliphatic heterocycles. The molecule has 0 aliphatic carbocycles. The number of rotatable bonds is 8. The van der Waals surface area contributed by atoms with Crippen LogP contribution in [0.2, 0.25) is 0 Å². The van der Waals surface area contributed by atoms with Crippen LogP contribution in [-0.4, -0.2) is 37.4 Å². The van der Waals surface area contributed by atoms with E-state index in [0.717, 1.165) is 22.8 Å². The number of benzene rings is 5. The number of aromatic hydroxyl groups is 2. The van der Waals surface area contributed by atoms with Crippen LogP contribution in [0.3, 0.4) is 0 Å². The van der Waals surface area contributed by atoms with Crippen LogP contribution >= 0.6 is 0 Å². The molecule has 0 spiro atoms. The number of fused-ring (bicyclic) bond motifs is 1. The van der Waals surface area contributed by atoms with Gasteiger partial charge in [-0.05, 0) is 47.0 Å². The summed E-state index contributed by atoms with van der Waals surface area (Å²) in [5.41, 5.74) is 2.92. The average molecular weight is 571 g/mol. The van der Waals surface area contributed by atoms with Crippen LogP contribution in [0.5, 0.6) is 23.0 Å². The zero-order valence-electron chi connectivity index (χ0n) is 22.1. The van der Waals surface area contributed by atoms with Crippen LogP contribution < -0.4 is 9.47 Å². The van der Waals surface area contributed by atoms with Gasteiger partial charge in [0.2, 0.25) is 0 Å². The largest absolute Gasteiger partial charge is 0.505 e. The lowest BCUT2D eigenvalue weighted by Crippen LogP contribution is -2.04. The number of nitrogens with zero attached hydrogens (tertiary/aromatic N) is 2. The van der Waals surface area contributed by atoms with Crippen molar-refractivity contribution < 1.29 is 32.7 Å². The lowest BCUT2D eigenvalue weighted by Gasteiger charge is -2.21. The van der Waals surface area contributed by atoms with E-state index in [0.29, 0.717) is 17.2 Å². The van der Waals surface area contributed by atoms with Crippen LogP contribution in [0.4, 0.5) is 11.4 Å². The number of phenols is 2. The van der Waals surface area contributed by atoms with Crippen molar-refractivity contribution in [3.05, 3.63) is 114 Å². The summed E-state index contributed by atoms with van der Waals surface area (Å²) in [4.78, 5) is -0.391. The van der Waals surface area contributed by atoms with Gasteiger partial charge >= 0.3 is 0 Å². The third-order valence-electron chi connectivity index (χ3n) is 6.71. The standard InChI is InChI=1S/C31H26N2O7S/c1-39-27-16-20(30(19-8-4-3-5-9-19)21-13-15-26(34)28(17-21)40-2)12-14-24(27)32-33-25-18-29(41(36,37)38)22-10-6-7-11-23(22)31(25)35/h3-18,30,34-35H,1-2H3,(H,36,37,38)/b33-32+. The van der Waals surface area contributed by atoms with Gasteiger partial charge in [-0.2, -0.15) is 8.42 Å². The molecule has 0 fully saturated rings. The van der Waals surface area contributed by atoms with Crippen molar-refractivity contribution in [3.63, 3.8) is 0 Å². The Morgan fingerprint density at radius 3 is 1.90 bits per heavy atom. The van der Waals surface area contributed by atoms with Gasteiger partial charge in [-0.3, -0.25) is 4.55 Å². The van der Waals surface area contributed by atoms with Crippen LogP contribution in [-0.2, 0) is 10.1 Å². The Kier molecular flexibility index (Phi) is 7.60. The molecule has 0 heterocycles. The van der Waals surface area contributed by atoms with Gasteiger partial charge in [-0.25, -0.2) is 0 Å². The Hall–Kier alpha value is -4.93. The minimum absolute atomic E-state index is 0.0329. The summed E-state index contributed by atoms with van der Waals surface area (Å²) >= 11 is 0. The van der Waals surface area contributed by atoms with E-state index in [1.807, 2.05) is 48.5 Å². The first-order valence-corrected chi connectivity index (χ1v) is 13.9. The summed E-state index contributed by atoms with van der Waals surface area (Å²) in [6.45, 7) is 0. The Morgan fingerprint density at radius 2 is 1.24 bits per heavy atom. The second-order valence-electron chi connectivity index (χ2n) is 9.17. The molecular weight excluding hydrogens is 544 g/mol. The topological polar surface area (TPSA) is 138 Å². The molecule has 0 amide bonds. The van der Waals surface area contributed by atoms with Crippen LogP contribution in [0, 0.1) is 0 Å². The van der Waals surface area contributed by atoms with E-state index in [-0.39, 0.29) is 33.9 Å². The normalized spacial score (nSPS) is 12.5. The highest BCUT2D eigenvalue weighted by Crippen LogP contribution is 2.42. The fourth-order valence-electron chi connectivity index (χ4n) is 4.76. The molecule has 9 nitrogen and oxygen atoms in total. The first-order valence-electron chi connectivity index (χ1n) is 12.4. The maximum Gasteiger partial charge on any atom is 0.295 e. The SMILES string of the molecule is COc1cc(C(c2ccccc2)c2ccc(/N=N/c3cc(S(=O)(=O)O)c4ccccc4c3O)c(OC)c2)ccc1O. The molecule has 0 radical (unpaired) electrons. The molecule has 10 heteroatoms. The van der Waals surface area contributed by atoms with E-state index >= 15 is 0 Å². The smallest absolute Gasteiger partial charge is 0.295 e. The van der Waals surface area contributed by atoms with Crippen LogP contribution in [0.15, 0.2) is 112 Å². The minimum atomic E-state index is -4.60. The Morgan fingerprint density at radius 1 is 0.659 bits per heavy atom. The average Bonchev–Trinajstić information content (AvgIpc) is 2.98. The van der Waals surface area contributed by atoms with E-state index < -0.39 is 15.0 Å². The van der Waals surface area contributed by atoms with Gasteiger partial charge in [0.15, 0.2) is 17.2 Å². The summed E-state index contributed by atoms with van der Waals surface area (Å²) in [5.74, 6) is 0.240. The van der Waals surface area contributed by atoms with Gasteiger partial charge < -0.3 is 19.7 Å². The Bertz CT molecular complexity index is 1870. The molecule has 1 atom stereocenters. The van der Waals surface area contributed by atoms with Gasteiger partial charge in [-0.15, -0.1) is 10.2 Å². The molecule has 0 aromatic heterocycles. The fraction of sp³-hybridized carbons (Fsp3) is 0.0968. The van der Waals surface area contributed by atoms with E-state index in [1.54, 1.807) is 30.3 Å². The van der Waals surface area contributed by atoms with Crippen molar-refractivity contribution in [1.82, 2.24) is 0 Å². The van der Waals surface area contributed by atoms with Crippen molar-refractivity contribution in [3.8, 4) is 23.0 Å². The zero-order valence-corrected chi connectivity index (χ0v) is 22.9. The van der Waals surface area contributed by atoms with Gasteiger partial charge in [0.05, 0.1) is 14.2 Å². The molecule has 0 saturated carbocycles. The first kappa shape index (κ1) is 27.6. The van der Waals surface area contributed by atoms with Gasteiger partial charge in [-0.1, -0.05) is 66.7 Å². The van der Waals surface area contributed by atoms with Crippen molar-refractivity contribution >= 4 is 32.3 Å². The van der Waals surface area contributed by atoms with E-state index in [4.69, 9.17) is 9.47 Å². The molecule has 3 N–H and O–H groups in total. The first-order chi connectivity index (χ1) is 19.7. The van der Waals surface area contributed by atoms with Crippen molar-refractivity contribution in [1.29, 1.82) is 0 Å². The van der Waals surface area contributed by atoms with Crippen molar-refractivity contribution in [2.75, 3.05) is 14.2 Å². The molecule has 5 rings (SSSR count). The lowest BCUT2D eigenvalue weighted by molar-refractivity contribution is 0.373. The third kappa shape index (κ3) is 5.56. The number of ether oxygens (including phenoxy) is 2. The number of hydrogen-bond acceptors (Lipinski definition) is 8. The highest BCUT2D eigenvalue weighted by molar-refractivity contribution is 7.86. The number of phenolic OH excluding ortho intramolecular Hbond substituents is 2. The Balaban J connectivity index is 1.59. The van der Waals surface area contributed by atoms with Gasteiger partial charge in [0, 0.05) is 16.7 Å². The summed E-state index contributed by atoms with van der Waals surface area (Å²) in [6, 6.07) is 27.7. The van der Waals surface area contributed by atoms with Crippen molar-refractivity contribution in [2.24, 2.45) is 10.2 Å². The molecule has 1 unspecified atom stereocenters. The molecule has 0 bridgehead atoms. The van der Waals surface area contributed by atoms with Crippen LogP contribution in [0.25, 0.3) is 10.8 Å². The fourth-order valence-corrected chi connectivity index (χ4v) is 5.48. The number of methoxy groups -OCH3 is 2. The second kappa shape index (κ2) is 11.3. The molecule has 5 aromatic rings. The third-order valence-corrected chi connectivity index (χ3v) is 7.60. The summed E-state index contributed by atoms with van der Waals surface area (Å²) < 4.78 is 44.8. The maximum atomic E-state index is 12.0. The van der Waals surface area contributed by atoms with Gasteiger partial charge in [0.25, 0.3) is 10.1 Å². The summed E-state index contributed by atoms with van der Waals surface area (Å²) in [7, 11) is -1.62. The zero-order chi connectivity index (χ0) is 29.1. The maximum absolute atomic E-state index is 12.0. The summed E-state index contributed by atoms with van der Waals surface area (Å²) in [5, 5.41) is 29.6. The van der Waals surface area contributed by atoms with Crippen molar-refractivity contribution in [2.45, 2.75) is 10.8 Å².